The first-order valence-electron chi connectivity index (χ1n) is 12.2. The molecule has 1 aliphatic heterocycles. The smallest absolute Gasteiger partial charge is 0.295 e. The highest BCUT2D eigenvalue weighted by molar-refractivity contribution is 6.02. The zero-order chi connectivity index (χ0) is 23.8. The van der Waals surface area contributed by atoms with Crippen molar-refractivity contribution in [2.75, 3.05) is 25.5 Å². The number of aromatic nitrogens is 1. The van der Waals surface area contributed by atoms with E-state index < -0.39 is 0 Å². The number of amides is 1. The Balaban J connectivity index is 1.19. The van der Waals surface area contributed by atoms with Gasteiger partial charge in [-0.1, -0.05) is 42.0 Å². The highest BCUT2D eigenvalue weighted by Gasteiger charge is 2.90. The number of benzene rings is 3. The molecule has 1 atom stereocenters. The second-order valence-corrected chi connectivity index (χ2v) is 10.4. The fourth-order valence-electron chi connectivity index (χ4n) is 6.34. The summed E-state index contributed by atoms with van der Waals surface area (Å²) >= 11 is 0. The van der Waals surface area contributed by atoms with Gasteiger partial charge in [0.1, 0.15) is 11.3 Å². The number of aryl methyl sites for hydroxylation is 1. The largest absolute Gasteiger partial charge is 0.497 e. The molecular formula is C29H27N3O3. The molecule has 3 aromatic carbocycles. The van der Waals surface area contributed by atoms with E-state index in [1.165, 1.54) is 12.8 Å². The van der Waals surface area contributed by atoms with Gasteiger partial charge in [-0.15, -0.1) is 0 Å². The second-order valence-electron chi connectivity index (χ2n) is 10.4. The van der Waals surface area contributed by atoms with Crippen LogP contribution in [0.25, 0.3) is 22.2 Å². The number of hydrogen-bond acceptors (Lipinski definition) is 5. The van der Waals surface area contributed by atoms with Gasteiger partial charge in [0.05, 0.1) is 13.2 Å². The van der Waals surface area contributed by atoms with Crippen LogP contribution in [0.4, 0.5) is 6.01 Å². The summed E-state index contributed by atoms with van der Waals surface area (Å²) < 4.78 is 11.3. The molecule has 4 aromatic rings. The third kappa shape index (κ3) is 3.02. The van der Waals surface area contributed by atoms with Crippen LogP contribution in [0.3, 0.4) is 0 Å². The molecule has 176 valence electrons. The molecule has 0 radical (unpaired) electrons. The minimum Gasteiger partial charge on any atom is -0.497 e. The van der Waals surface area contributed by atoms with Crippen molar-refractivity contribution < 1.29 is 13.9 Å². The van der Waals surface area contributed by atoms with Gasteiger partial charge in [0.25, 0.3) is 11.9 Å². The summed E-state index contributed by atoms with van der Waals surface area (Å²) in [5, 5.41) is 3.40. The molecule has 3 aliphatic rings. The Hall–Kier alpha value is -3.80. The van der Waals surface area contributed by atoms with Gasteiger partial charge in [-0.3, -0.25) is 4.79 Å². The first kappa shape index (κ1) is 20.6. The van der Waals surface area contributed by atoms with Crippen molar-refractivity contribution in [3.05, 3.63) is 77.9 Å². The van der Waals surface area contributed by atoms with Crippen molar-refractivity contribution in [1.29, 1.82) is 0 Å². The van der Waals surface area contributed by atoms with E-state index >= 15 is 0 Å². The van der Waals surface area contributed by atoms with Crippen molar-refractivity contribution >= 4 is 23.0 Å². The highest BCUT2D eigenvalue weighted by Crippen LogP contribution is 2.91. The lowest BCUT2D eigenvalue weighted by molar-refractivity contribution is 0.0644. The van der Waals surface area contributed by atoms with Crippen molar-refractivity contribution in [3.63, 3.8) is 0 Å². The number of para-hydroxylation sites is 2. The number of nitrogens with zero attached hydrogens (tertiary/aromatic N) is 2. The molecule has 35 heavy (non-hydrogen) atoms. The van der Waals surface area contributed by atoms with Crippen LogP contribution in [0.2, 0.25) is 0 Å². The summed E-state index contributed by atoms with van der Waals surface area (Å²) in [7, 11) is 1.66. The molecule has 1 amide bonds. The average molecular weight is 466 g/mol. The summed E-state index contributed by atoms with van der Waals surface area (Å²) in [5.41, 5.74) is 5.95. The quantitative estimate of drug-likeness (QED) is 0.406. The molecular weight excluding hydrogens is 438 g/mol. The van der Waals surface area contributed by atoms with E-state index in [1.807, 2.05) is 61.5 Å². The fraction of sp³-hybridized carbons (Fsp3) is 0.310. The van der Waals surface area contributed by atoms with E-state index in [9.17, 15) is 4.79 Å². The molecule has 7 rings (SSSR count). The van der Waals surface area contributed by atoms with Crippen LogP contribution in [0, 0.1) is 17.8 Å². The highest BCUT2D eigenvalue weighted by atomic mass is 16.5. The first-order chi connectivity index (χ1) is 17.0. The Bertz CT molecular complexity index is 1450. The molecule has 0 unspecified atom stereocenters. The van der Waals surface area contributed by atoms with E-state index in [4.69, 9.17) is 9.15 Å². The molecule has 1 saturated heterocycles. The topological polar surface area (TPSA) is 67.6 Å². The van der Waals surface area contributed by atoms with Crippen LogP contribution in [0.5, 0.6) is 5.75 Å². The van der Waals surface area contributed by atoms with E-state index in [0.717, 1.165) is 45.6 Å². The van der Waals surface area contributed by atoms with E-state index in [-0.39, 0.29) is 17.4 Å². The van der Waals surface area contributed by atoms with Gasteiger partial charge in [0.2, 0.25) is 0 Å². The molecule has 6 heteroatoms. The molecule has 6 nitrogen and oxygen atoms in total. The number of nitrogens with one attached hydrogen (secondary N) is 1. The molecule has 2 heterocycles. The van der Waals surface area contributed by atoms with Crippen molar-refractivity contribution in [2.24, 2.45) is 10.8 Å². The lowest BCUT2D eigenvalue weighted by Gasteiger charge is -2.34. The zero-order valence-corrected chi connectivity index (χ0v) is 19.9. The van der Waals surface area contributed by atoms with Crippen LogP contribution in [-0.4, -0.2) is 42.0 Å². The van der Waals surface area contributed by atoms with Gasteiger partial charge in [-0.05, 0) is 66.6 Å². The van der Waals surface area contributed by atoms with E-state index in [2.05, 4.69) is 27.3 Å². The number of likely N-dealkylation sites (tertiary alicyclic amines) is 1. The molecule has 2 saturated carbocycles. The lowest BCUT2D eigenvalue weighted by atomic mass is 9.94. The molecule has 2 aliphatic carbocycles. The van der Waals surface area contributed by atoms with E-state index in [1.54, 1.807) is 7.11 Å². The van der Waals surface area contributed by atoms with Crippen molar-refractivity contribution in [3.8, 4) is 16.9 Å². The van der Waals surface area contributed by atoms with Gasteiger partial charge in [-0.25, -0.2) is 0 Å². The number of ether oxygens (including phenoxy) is 1. The number of carbonyl (C=O) groups is 1. The number of rotatable bonds is 6. The maximum Gasteiger partial charge on any atom is 0.295 e. The van der Waals surface area contributed by atoms with Gasteiger partial charge < -0.3 is 19.4 Å². The third-order valence-electron chi connectivity index (χ3n) is 8.39. The third-order valence-corrected chi connectivity index (χ3v) is 8.39. The Morgan fingerprint density at radius 1 is 1.14 bits per heavy atom. The Morgan fingerprint density at radius 2 is 2.00 bits per heavy atom. The van der Waals surface area contributed by atoms with Crippen molar-refractivity contribution in [2.45, 2.75) is 25.8 Å². The van der Waals surface area contributed by atoms with Crippen LogP contribution in [0.15, 0.2) is 71.1 Å². The number of anilines is 1. The van der Waals surface area contributed by atoms with Gasteiger partial charge in [-0.2, -0.15) is 4.98 Å². The zero-order valence-electron chi connectivity index (χ0n) is 19.9. The van der Waals surface area contributed by atoms with Gasteiger partial charge in [0, 0.05) is 24.1 Å². The molecule has 0 spiro atoms. The standard InChI is InChI=1S/C29H27N3O3/c1-18-10-11-21(19-6-5-7-20(13-19)34-2)22(12-18)26(33)32-17-28-15-29(28,16-28)25(32)14-30-27-31-23-8-3-4-9-24(23)35-27/h3-13,25H,14-17H2,1-2H3,(H,30,31)/t25-,28?,29?/m1/s1. The maximum absolute atomic E-state index is 14.1. The fourth-order valence-corrected chi connectivity index (χ4v) is 6.34. The van der Waals surface area contributed by atoms with Gasteiger partial charge >= 0.3 is 0 Å². The van der Waals surface area contributed by atoms with Crippen LogP contribution >= 0.6 is 0 Å². The van der Waals surface area contributed by atoms with Gasteiger partial charge in [0.15, 0.2) is 5.58 Å². The van der Waals surface area contributed by atoms with Crippen LogP contribution in [-0.2, 0) is 0 Å². The number of piperidine rings is 2. The normalized spacial score (nSPS) is 25.8. The number of methoxy groups -OCH3 is 1. The van der Waals surface area contributed by atoms with E-state index in [0.29, 0.717) is 18.0 Å². The predicted octanol–water partition coefficient (Wildman–Crippen LogP) is 5.53. The number of fused-ring (bicyclic) bond motifs is 1. The summed E-state index contributed by atoms with van der Waals surface area (Å²) in [6, 6.07) is 22.5. The van der Waals surface area contributed by atoms with Crippen LogP contribution < -0.4 is 10.1 Å². The first-order valence-corrected chi connectivity index (χ1v) is 12.2. The summed E-state index contributed by atoms with van der Waals surface area (Å²) in [6.07, 6.45) is 2.44. The SMILES string of the molecule is COc1cccc(-c2ccc(C)cc2C(=O)N2CC34CC3(C4)[C@H]2CNc2nc3ccccc3o2)c1. The molecule has 3 fully saturated rings. The second kappa shape index (κ2) is 7.11. The minimum absolute atomic E-state index is 0.0986. The van der Waals surface area contributed by atoms with Crippen molar-refractivity contribution in [1.82, 2.24) is 9.88 Å². The summed E-state index contributed by atoms with van der Waals surface area (Å²) in [4.78, 5) is 20.7. The Morgan fingerprint density at radius 3 is 2.83 bits per heavy atom. The Labute approximate surface area is 203 Å². The molecule has 0 bridgehead atoms. The lowest BCUT2D eigenvalue weighted by Crippen LogP contribution is -2.47. The minimum atomic E-state index is 0.0986. The summed E-state index contributed by atoms with van der Waals surface area (Å²) in [6.45, 7) is 3.51. The number of hydrogen-bond donors (Lipinski definition) is 1. The summed E-state index contributed by atoms with van der Waals surface area (Å²) in [5.74, 6) is 0.879. The maximum atomic E-state index is 14.1. The number of oxazole rings is 1. The monoisotopic (exact) mass is 465 g/mol. The average Bonchev–Trinajstić information content (AvgIpc) is 3.53. The van der Waals surface area contributed by atoms with Crippen LogP contribution in [0.1, 0.15) is 28.8 Å². The number of carbonyl (C=O) groups excluding carboxylic acids is 1. The molecule has 1 N–H and O–H groups in total. The predicted molar refractivity (Wildman–Crippen MR) is 135 cm³/mol. The Kier molecular flexibility index (Phi) is 4.17. The molecule has 1 aromatic heterocycles.